The molecule has 0 N–H and O–H groups in total. The fourth-order valence-corrected chi connectivity index (χ4v) is 3.58. The van der Waals surface area contributed by atoms with E-state index in [1.165, 1.54) is 7.11 Å². The molecule has 1 aliphatic carbocycles. The molecule has 2 aliphatic rings. The van der Waals surface area contributed by atoms with Gasteiger partial charge in [-0.3, -0.25) is 4.68 Å². The maximum atomic E-state index is 12.1. The number of rotatable bonds is 4. The summed E-state index contributed by atoms with van der Waals surface area (Å²) in [4.78, 5) is 12.1. The molecular formula is C18H20N2O3. The smallest absolute Gasteiger partial charge is 0.356 e. The lowest BCUT2D eigenvalue weighted by Gasteiger charge is -2.08. The zero-order valence-electron chi connectivity index (χ0n) is 13.2. The van der Waals surface area contributed by atoms with Crippen molar-refractivity contribution in [2.24, 2.45) is 11.3 Å². The molecule has 5 heteroatoms. The number of methoxy groups -OCH3 is 1. The summed E-state index contributed by atoms with van der Waals surface area (Å²) >= 11 is 0. The number of ether oxygens (including phenoxy) is 2. The minimum atomic E-state index is -0.336. The molecule has 1 spiro atoms. The monoisotopic (exact) mass is 312 g/mol. The number of esters is 1. The number of hydrogen-bond donors (Lipinski definition) is 0. The van der Waals surface area contributed by atoms with Gasteiger partial charge in [-0.2, -0.15) is 5.10 Å². The lowest BCUT2D eigenvalue weighted by Crippen LogP contribution is -2.15. The lowest BCUT2D eigenvalue weighted by molar-refractivity contribution is 0.0585. The highest BCUT2D eigenvalue weighted by atomic mass is 16.5. The van der Waals surface area contributed by atoms with Gasteiger partial charge in [0.15, 0.2) is 0 Å². The van der Waals surface area contributed by atoms with Gasteiger partial charge in [0.05, 0.1) is 19.4 Å². The normalized spacial score (nSPS) is 25.7. The van der Waals surface area contributed by atoms with Gasteiger partial charge in [0.2, 0.25) is 0 Å². The Labute approximate surface area is 135 Å². The maximum Gasteiger partial charge on any atom is 0.356 e. The largest absolute Gasteiger partial charge is 0.464 e. The number of carbonyl (C=O) groups excluding carboxylic acids is 1. The van der Waals surface area contributed by atoms with Crippen molar-refractivity contribution in [2.75, 3.05) is 20.3 Å². The van der Waals surface area contributed by atoms with Crippen molar-refractivity contribution in [2.45, 2.75) is 19.4 Å². The van der Waals surface area contributed by atoms with Crippen LogP contribution in [-0.4, -0.2) is 36.1 Å². The lowest BCUT2D eigenvalue weighted by atomic mass is 10.0. The second-order valence-corrected chi connectivity index (χ2v) is 6.52. The highest BCUT2D eigenvalue weighted by Gasteiger charge is 2.56. The maximum absolute atomic E-state index is 12.1. The van der Waals surface area contributed by atoms with Crippen molar-refractivity contribution in [1.29, 1.82) is 0 Å². The van der Waals surface area contributed by atoms with Gasteiger partial charge in [0.1, 0.15) is 5.69 Å². The van der Waals surface area contributed by atoms with E-state index in [1.807, 2.05) is 41.1 Å². The molecule has 2 aromatic rings. The highest BCUT2D eigenvalue weighted by Crippen LogP contribution is 2.58. The minimum absolute atomic E-state index is 0.326. The molecule has 1 aromatic carbocycles. The van der Waals surface area contributed by atoms with Gasteiger partial charge in [-0.25, -0.2) is 4.79 Å². The van der Waals surface area contributed by atoms with E-state index in [0.29, 0.717) is 17.0 Å². The van der Waals surface area contributed by atoms with Crippen LogP contribution >= 0.6 is 0 Å². The molecule has 2 heterocycles. The van der Waals surface area contributed by atoms with Crippen LogP contribution in [0.3, 0.4) is 0 Å². The molecule has 4 rings (SSSR count). The summed E-state index contributed by atoms with van der Waals surface area (Å²) in [5.41, 5.74) is 2.66. The van der Waals surface area contributed by atoms with Crippen LogP contribution in [0.1, 0.15) is 23.3 Å². The standard InChI is InChI=1S/C18H20N2O3/c1-22-17(21)16-9-15(13-5-3-2-4-6-13)19-20(16)11-14-10-18(14)7-8-23-12-18/h2-6,9,14H,7-8,10-12H2,1H3. The van der Waals surface area contributed by atoms with Crippen molar-refractivity contribution in [3.05, 3.63) is 42.1 Å². The van der Waals surface area contributed by atoms with Crippen LogP contribution < -0.4 is 0 Å². The van der Waals surface area contributed by atoms with Crippen LogP contribution in [0.25, 0.3) is 11.3 Å². The van der Waals surface area contributed by atoms with E-state index < -0.39 is 0 Å². The summed E-state index contributed by atoms with van der Waals surface area (Å²) in [6.45, 7) is 2.45. The number of carbonyl (C=O) groups is 1. The van der Waals surface area contributed by atoms with Crippen molar-refractivity contribution < 1.29 is 14.3 Å². The predicted octanol–water partition coefficient (Wildman–Crippen LogP) is 2.76. The quantitative estimate of drug-likeness (QED) is 0.815. The molecule has 0 amide bonds. The van der Waals surface area contributed by atoms with Crippen LogP contribution in [0.5, 0.6) is 0 Å². The molecule has 2 fully saturated rings. The Morgan fingerprint density at radius 2 is 2.26 bits per heavy atom. The summed E-state index contributed by atoms with van der Waals surface area (Å²) in [5, 5.41) is 4.66. The van der Waals surface area contributed by atoms with Crippen molar-refractivity contribution >= 4 is 5.97 Å². The Morgan fingerprint density at radius 1 is 1.43 bits per heavy atom. The molecule has 1 saturated heterocycles. The van der Waals surface area contributed by atoms with E-state index in [9.17, 15) is 4.79 Å². The fraction of sp³-hybridized carbons (Fsp3) is 0.444. The third-order valence-corrected chi connectivity index (χ3v) is 5.13. The minimum Gasteiger partial charge on any atom is -0.464 e. The Balaban J connectivity index is 1.62. The third-order valence-electron chi connectivity index (χ3n) is 5.13. The second-order valence-electron chi connectivity index (χ2n) is 6.52. The summed E-state index contributed by atoms with van der Waals surface area (Å²) in [5.74, 6) is 0.203. The van der Waals surface area contributed by atoms with Crippen LogP contribution in [0, 0.1) is 11.3 Å². The van der Waals surface area contributed by atoms with Gasteiger partial charge in [0.25, 0.3) is 0 Å². The first-order chi connectivity index (χ1) is 11.2. The van der Waals surface area contributed by atoms with Gasteiger partial charge >= 0.3 is 5.97 Å². The van der Waals surface area contributed by atoms with Crippen LogP contribution in [0.2, 0.25) is 0 Å². The van der Waals surface area contributed by atoms with Crippen molar-refractivity contribution in [1.82, 2.24) is 9.78 Å². The SMILES string of the molecule is COC(=O)c1cc(-c2ccccc2)nn1CC1CC12CCOC2. The Hall–Kier alpha value is -2.14. The zero-order chi connectivity index (χ0) is 15.9. The van der Waals surface area contributed by atoms with Crippen LogP contribution in [0.15, 0.2) is 36.4 Å². The first kappa shape index (κ1) is 14.5. The molecule has 1 aromatic heterocycles. The van der Waals surface area contributed by atoms with Crippen molar-refractivity contribution in [3.8, 4) is 11.3 Å². The molecule has 1 saturated carbocycles. The highest BCUT2D eigenvalue weighted by molar-refractivity contribution is 5.89. The van der Waals surface area contributed by atoms with E-state index in [-0.39, 0.29) is 5.97 Å². The van der Waals surface area contributed by atoms with Gasteiger partial charge in [0, 0.05) is 24.1 Å². The average molecular weight is 312 g/mol. The second kappa shape index (κ2) is 5.49. The van der Waals surface area contributed by atoms with Gasteiger partial charge in [-0.05, 0) is 24.8 Å². The topological polar surface area (TPSA) is 53.3 Å². The van der Waals surface area contributed by atoms with Crippen LogP contribution in [-0.2, 0) is 16.0 Å². The summed E-state index contributed by atoms with van der Waals surface area (Å²) < 4.78 is 12.3. The number of benzene rings is 1. The first-order valence-corrected chi connectivity index (χ1v) is 8.01. The molecule has 2 atom stereocenters. The summed E-state index contributed by atoms with van der Waals surface area (Å²) in [6, 6.07) is 11.7. The van der Waals surface area contributed by atoms with E-state index in [1.54, 1.807) is 0 Å². The van der Waals surface area contributed by atoms with Gasteiger partial charge in [-0.15, -0.1) is 0 Å². The Morgan fingerprint density at radius 3 is 2.96 bits per heavy atom. The Kier molecular flexibility index (Phi) is 3.45. The van der Waals surface area contributed by atoms with E-state index >= 15 is 0 Å². The van der Waals surface area contributed by atoms with E-state index in [2.05, 4.69) is 5.10 Å². The first-order valence-electron chi connectivity index (χ1n) is 8.01. The van der Waals surface area contributed by atoms with Gasteiger partial charge in [-0.1, -0.05) is 30.3 Å². The third kappa shape index (κ3) is 2.55. The van der Waals surface area contributed by atoms with Gasteiger partial charge < -0.3 is 9.47 Å². The number of hydrogen-bond acceptors (Lipinski definition) is 4. The Bertz CT molecular complexity index is 717. The molecule has 120 valence electrons. The molecule has 2 unspecified atom stereocenters. The zero-order valence-corrected chi connectivity index (χ0v) is 13.2. The average Bonchev–Trinajstić information content (AvgIpc) is 2.94. The van der Waals surface area contributed by atoms with Crippen molar-refractivity contribution in [3.63, 3.8) is 0 Å². The van der Waals surface area contributed by atoms with E-state index in [0.717, 1.165) is 43.9 Å². The molecule has 5 nitrogen and oxygen atoms in total. The number of aromatic nitrogens is 2. The van der Waals surface area contributed by atoms with Crippen LogP contribution in [0.4, 0.5) is 0 Å². The molecule has 23 heavy (non-hydrogen) atoms. The molecule has 0 radical (unpaired) electrons. The van der Waals surface area contributed by atoms with E-state index in [4.69, 9.17) is 9.47 Å². The number of nitrogens with zero attached hydrogens (tertiary/aromatic N) is 2. The fourth-order valence-electron chi connectivity index (χ4n) is 3.58. The summed E-state index contributed by atoms with van der Waals surface area (Å²) in [7, 11) is 1.41. The predicted molar refractivity (Wildman–Crippen MR) is 85.0 cm³/mol. The molecule has 0 bridgehead atoms. The molecule has 1 aliphatic heterocycles. The summed E-state index contributed by atoms with van der Waals surface area (Å²) in [6.07, 6.45) is 2.28. The molecular weight excluding hydrogens is 292 g/mol.